The molecular formula is C13H17ClN2O4S. The number of rotatable bonds is 4. The summed E-state index contributed by atoms with van der Waals surface area (Å²) in [5.41, 5.74) is 0.749. The Morgan fingerprint density at radius 3 is 3.00 bits per heavy atom. The van der Waals surface area contributed by atoms with Gasteiger partial charge in [0, 0.05) is 19.3 Å². The number of piperidine rings is 1. The third kappa shape index (κ3) is 4.66. The molecule has 2 heterocycles. The normalized spacial score (nSPS) is 20.2. The largest absolute Gasteiger partial charge is 0.461 e. The molecule has 8 heteroatoms. The third-order valence-electron chi connectivity index (χ3n) is 3.36. The molecule has 21 heavy (non-hydrogen) atoms. The Hall–Kier alpha value is -1.18. The van der Waals surface area contributed by atoms with E-state index >= 15 is 0 Å². The van der Waals surface area contributed by atoms with Crippen molar-refractivity contribution >= 4 is 27.6 Å². The zero-order chi connectivity index (χ0) is 15.5. The van der Waals surface area contributed by atoms with Crippen LogP contribution in [0.15, 0.2) is 18.3 Å². The molecule has 1 saturated heterocycles. The first-order chi connectivity index (χ1) is 9.86. The molecule has 0 aliphatic carbocycles. The fourth-order valence-corrected chi connectivity index (χ4v) is 3.35. The summed E-state index contributed by atoms with van der Waals surface area (Å²) in [6, 6.07) is 3.33. The Kier molecular flexibility index (Phi) is 5.18. The van der Waals surface area contributed by atoms with Gasteiger partial charge in [0.25, 0.3) is 0 Å². The van der Waals surface area contributed by atoms with Gasteiger partial charge in [-0.1, -0.05) is 11.6 Å². The van der Waals surface area contributed by atoms with Crippen molar-refractivity contribution in [2.75, 3.05) is 19.3 Å². The van der Waals surface area contributed by atoms with Crippen molar-refractivity contribution in [2.24, 2.45) is 5.92 Å². The first-order valence-electron chi connectivity index (χ1n) is 6.58. The van der Waals surface area contributed by atoms with E-state index in [1.165, 1.54) is 10.5 Å². The fourth-order valence-electron chi connectivity index (χ4n) is 2.24. The van der Waals surface area contributed by atoms with Crippen molar-refractivity contribution in [3.05, 3.63) is 29.0 Å². The van der Waals surface area contributed by atoms with Crippen molar-refractivity contribution < 1.29 is 17.9 Å². The lowest BCUT2D eigenvalue weighted by atomic mass is 10.00. The molecule has 0 aromatic carbocycles. The molecule has 116 valence electrons. The summed E-state index contributed by atoms with van der Waals surface area (Å²) < 4.78 is 29.6. The summed E-state index contributed by atoms with van der Waals surface area (Å²) in [6.45, 7) is 0.758. The molecule has 1 aliphatic rings. The molecule has 2 rings (SSSR count). The monoisotopic (exact) mass is 332 g/mol. The molecule has 1 aromatic heterocycles. The molecule has 0 spiro atoms. The average Bonchev–Trinajstić information content (AvgIpc) is 2.44. The lowest BCUT2D eigenvalue weighted by Crippen LogP contribution is -2.42. The van der Waals surface area contributed by atoms with Crippen LogP contribution in [0.2, 0.25) is 5.15 Å². The Labute approximate surface area is 129 Å². The van der Waals surface area contributed by atoms with Crippen LogP contribution in [0.3, 0.4) is 0 Å². The second-order valence-electron chi connectivity index (χ2n) is 5.05. The zero-order valence-corrected chi connectivity index (χ0v) is 13.2. The minimum atomic E-state index is -3.27. The van der Waals surface area contributed by atoms with Gasteiger partial charge in [0.1, 0.15) is 11.8 Å². The van der Waals surface area contributed by atoms with Gasteiger partial charge in [0.2, 0.25) is 10.0 Å². The third-order valence-corrected chi connectivity index (χ3v) is 4.83. The molecule has 1 aliphatic heterocycles. The van der Waals surface area contributed by atoms with Crippen molar-refractivity contribution in [3.63, 3.8) is 0 Å². The highest BCUT2D eigenvalue weighted by Crippen LogP contribution is 2.20. The minimum absolute atomic E-state index is 0.108. The first-order valence-corrected chi connectivity index (χ1v) is 8.81. The molecule has 0 bridgehead atoms. The number of carbonyl (C=O) groups is 1. The van der Waals surface area contributed by atoms with E-state index < -0.39 is 15.9 Å². The van der Waals surface area contributed by atoms with Crippen molar-refractivity contribution in [2.45, 2.75) is 19.4 Å². The Morgan fingerprint density at radius 2 is 2.33 bits per heavy atom. The summed E-state index contributed by atoms with van der Waals surface area (Å²) >= 11 is 5.75. The fraction of sp³-hybridized carbons (Fsp3) is 0.538. The predicted octanol–water partition coefficient (Wildman–Crippen LogP) is 1.45. The van der Waals surface area contributed by atoms with Crippen LogP contribution in [-0.2, 0) is 26.2 Å². The van der Waals surface area contributed by atoms with Gasteiger partial charge < -0.3 is 4.74 Å². The maximum absolute atomic E-state index is 12.0. The van der Waals surface area contributed by atoms with Gasteiger partial charge in [0.15, 0.2) is 0 Å². The number of pyridine rings is 1. The molecule has 1 aromatic rings. The Balaban J connectivity index is 1.91. The van der Waals surface area contributed by atoms with E-state index in [1.54, 1.807) is 12.1 Å². The molecule has 0 N–H and O–H groups in total. The van der Waals surface area contributed by atoms with Gasteiger partial charge >= 0.3 is 5.97 Å². The predicted molar refractivity (Wildman–Crippen MR) is 78.2 cm³/mol. The van der Waals surface area contributed by atoms with Crippen LogP contribution in [0.1, 0.15) is 18.4 Å². The molecule has 1 fully saturated rings. The van der Waals surface area contributed by atoms with E-state index in [0.717, 1.165) is 11.8 Å². The highest BCUT2D eigenvalue weighted by Gasteiger charge is 2.31. The van der Waals surface area contributed by atoms with Crippen LogP contribution in [0.4, 0.5) is 0 Å². The number of hydrogen-bond acceptors (Lipinski definition) is 5. The molecule has 0 unspecified atom stereocenters. The van der Waals surface area contributed by atoms with Gasteiger partial charge in [-0.2, -0.15) is 0 Å². The maximum Gasteiger partial charge on any atom is 0.310 e. The number of ether oxygens (including phenoxy) is 1. The van der Waals surface area contributed by atoms with Gasteiger partial charge in [-0.25, -0.2) is 17.7 Å². The van der Waals surface area contributed by atoms with E-state index in [0.29, 0.717) is 24.5 Å². The SMILES string of the molecule is CS(=O)(=O)N1CCC[C@@H](C(=O)OCc2ccnc(Cl)c2)C1. The smallest absolute Gasteiger partial charge is 0.310 e. The Bertz CT molecular complexity index is 620. The first kappa shape index (κ1) is 16.2. The van der Waals surface area contributed by atoms with Gasteiger partial charge in [-0.15, -0.1) is 0 Å². The van der Waals surface area contributed by atoms with Crippen molar-refractivity contribution in [1.82, 2.24) is 9.29 Å². The summed E-state index contributed by atoms with van der Waals surface area (Å²) in [6.07, 6.45) is 3.99. The van der Waals surface area contributed by atoms with Crippen LogP contribution in [0, 0.1) is 5.92 Å². The van der Waals surface area contributed by atoms with Crippen molar-refractivity contribution in [1.29, 1.82) is 0 Å². The second-order valence-corrected chi connectivity index (χ2v) is 7.42. The standard InChI is InChI=1S/C13H17ClN2O4S/c1-21(18,19)16-6-2-3-11(8-16)13(17)20-9-10-4-5-15-12(14)7-10/h4-5,7,11H,2-3,6,8-9H2,1H3/t11-/m1/s1. The quantitative estimate of drug-likeness (QED) is 0.616. The van der Waals surface area contributed by atoms with Crippen LogP contribution < -0.4 is 0 Å². The summed E-state index contributed by atoms with van der Waals surface area (Å²) in [5.74, 6) is -0.790. The lowest BCUT2D eigenvalue weighted by molar-refractivity contribution is -0.151. The molecule has 6 nitrogen and oxygen atoms in total. The Morgan fingerprint density at radius 1 is 1.57 bits per heavy atom. The van der Waals surface area contributed by atoms with Gasteiger partial charge in [0.05, 0.1) is 12.2 Å². The number of hydrogen-bond donors (Lipinski definition) is 0. The summed E-state index contributed by atoms with van der Waals surface area (Å²) in [7, 11) is -3.27. The van der Waals surface area contributed by atoms with E-state index in [1.807, 2.05) is 0 Å². The molecule has 0 saturated carbocycles. The minimum Gasteiger partial charge on any atom is -0.461 e. The van der Waals surface area contributed by atoms with Crippen LogP contribution in [-0.4, -0.2) is 43.0 Å². The summed E-state index contributed by atoms with van der Waals surface area (Å²) in [5, 5.41) is 0.337. The van der Waals surface area contributed by atoms with Crippen LogP contribution in [0.5, 0.6) is 0 Å². The zero-order valence-electron chi connectivity index (χ0n) is 11.7. The van der Waals surface area contributed by atoms with Gasteiger partial charge in [-0.3, -0.25) is 4.79 Å². The van der Waals surface area contributed by atoms with E-state index in [9.17, 15) is 13.2 Å². The number of aromatic nitrogens is 1. The van der Waals surface area contributed by atoms with E-state index in [4.69, 9.17) is 16.3 Å². The average molecular weight is 333 g/mol. The summed E-state index contributed by atoms with van der Waals surface area (Å²) in [4.78, 5) is 15.9. The highest BCUT2D eigenvalue weighted by atomic mass is 35.5. The number of nitrogens with zero attached hydrogens (tertiary/aromatic N) is 2. The maximum atomic E-state index is 12.0. The molecule has 1 atom stereocenters. The van der Waals surface area contributed by atoms with Crippen LogP contribution >= 0.6 is 11.6 Å². The van der Waals surface area contributed by atoms with E-state index in [2.05, 4.69) is 4.98 Å². The van der Waals surface area contributed by atoms with E-state index in [-0.39, 0.29) is 19.1 Å². The lowest BCUT2D eigenvalue weighted by Gasteiger charge is -2.29. The molecule has 0 amide bonds. The number of esters is 1. The second kappa shape index (κ2) is 6.72. The van der Waals surface area contributed by atoms with Crippen LogP contribution in [0.25, 0.3) is 0 Å². The molecular weight excluding hydrogens is 316 g/mol. The molecule has 0 radical (unpaired) electrons. The topological polar surface area (TPSA) is 76.6 Å². The number of halogens is 1. The van der Waals surface area contributed by atoms with Crippen molar-refractivity contribution in [3.8, 4) is 0 Å². The highest BCUT2D eigenvalue weighted by molar-refractivity contribution is 7.88. The number of carbonyl (C=O) groups excluding carboxylic acids is 1. The van der Waals surface area contributed by atoms with Gasteiger partial charge in [-0.05, 0) is 30.5 Å². The number of sulfonamides is 1.